The van der Waals surface area contributed by atoms with Crippen LogP contribution in [-0.4, -0.2) is 5.78 Å². The topological polar surface area (TPSA) is 17.1 Å². The van der Waals surface area contributed by atoms with Gasteiger partial charge in [-0.15, -0.1) is 0 Å². The minimum absolute atomic E-state index is 0.247. The molecule has 1 unspecified atom stereocenters. The molecule has 0 saturated carbocycles. The van der Waals surface area contributed by atoms with Gasteiger partial charge in [-0.2, -0.15) is 0 Å². The van der Waals surface area contributed by atoms with Crippen molar-refractivity contribution in [3.63, 3.8) is 0 Å². The molecule has 0 aliphatic heterocycles. The largest absolute Gasteiger partial charge is 0.300 e. The first-order valence-electron chi connectivity index (χ1n) is 4.94. The van der Waals surface area contributed by atoms with Crippen LogP contribution in [0.2, 0.25) is 0 Å². The Bertz CT molecular complexity index is 371. The molecule has 1 aromatic rings. The number of aryl methyl sites for hydroxylation is 1. The first kappa shape index (κ1) is 9.91. The van der Waals surface area contributed by atoms with Gasteiger partial charge in [0.2, 0.25) is 0 Å². The summed E-state index contributed by atoms with van der Waals surface area (Å²) in [6.07, 6.45) is 2.99. The zero-order valence-electron chi connectivity index (χ0n) is 8.22. The maximum Gasteiger partial charge on any atom is 0.133 e. The van der Waals surface area contributed by atoms with Crippen molar-refractivity contribution in [1.82, 2.24) is 0 Å². The van der Waals surface area contributed by atoms with Crippen LogP contribution in [0.25, 0.3) is 0 Å². The Morgan fingerprint density at radius 2 is 2.21 bits per heavy atom. The van der Waals surface area contributed by atoms with E-state index in [0.717, 1.165) is 23.7 Å². The van der Waals surface area contributed by atoms with Crippen molar-refractivity contribution in [3.05, 3.63) is 33.8 Å². The molecule has 1 atom stereocenters. The Hall–Kier alpha value is -0.630. The van der Waals surface area contributed by atoms with Gasteiger partial charge in [0.05, 0.1) is 0 Å². The number of carbonyl (C=O) groups excluding carboxylic acids is 1. The second-order valence-corrected chi connectivity index (χ2v) is 4.88. The number of Topliss-reactive ketones (excluding diaryl/α,β-unsaturated/α-hetero) is 1. The smallest absolute Gasteiger partial charge is 0.133 e. The van der Waals surface area contributed by atoms with Crippen molar-refractivity contribution >= 4 is 21.7 Å². The highest BCUT2D eigenvalue weighted by atomic mass is 79.9. The lowest BCUT2D eigenvalue weighted by Crippen LogP contribution is -2.20. The van der Waals surface area contributed by atoms with Gasteiger partial charge < -0.3 is 0 Å². The standard InChI is InChI=1S/C12H13BrO/c1-8(14)10-3-2-9-4-5-12(13)7-11(9)6-10/h4-5,7,10H,2-3,6H2,1H3. The van der Waals surface area contributed by atoms with Crippen molar-refractivity contribution in [3.8, 4) is 0 Å². The molecule has 0 radical (unpaired) electrons. The summed E-state index contributed by atoms with van der Waals surface area (Å²) in [6.45, 7) is 1.70. The van der Waals surface area contributed by atoms with Crippen LogP contribution in [-0.2, 0) is 17.6 Å². The molecule has 2 rings (SSSR count). The Kier molecular flexibility index (Phi) is 2.73. The van der Waals surface area contributed by atoms with Gasteiger partial charge >= 0.3 is 0 Å². The molecule has 0 aromatic heterocycles. The van der Waals surface area contributed by atoms with Crippen LogP contribution < -0.4 is 0 Å². The van der Waals surface area contributed by atoms with E-state index in [-0.39, 0.29) is 5.92 Å². The molecule has 0 spiro atoms. The van der Waals surface area contributed by atoms with E-state index in [1.807, 2.05) is 0 Å². The van der Waals surface area contributed by atoms with Crippen LogP contribution in [0, 0.1) is 5.92 Å². The highest BCUT2D eigenvalue weighted by Gasteiger charge is 2.21. The second-order valence-electron chi connectivity index (χ2n) is 3.96. The maximum atomic E-state index is 11.3. The lowest BCUT2D eigenvalue weighted by atomic mass is 9.82. The van der Waals surface area contributed by atoms with E-state index in [2.05, 4.69) is 34.1 Å². The zero-order valence-corrected chi connectivity index (χ0v) is 9.80. The number of ketones is 1. The molecule has 74 valence electrons. The van der Waals surface area contributed by atoms with E-state index < -0.39 is 0 Å². The summed E-state index contributed by atoms with van der Waals surface area (Å²) < 4.78 is 1.11. The van der Waals surface area contributed by atoms with Gasteiger partial charge in [0, 0.05) is 10.4 Å². The SMILES string of the molecule is CC(=O)C1CCc2ccc(Br)cc2C1. The van der Waals surface area contributed by atoms with Crippen LogP contribution in [0.1, 0.15) is 24.5 Å². The Morgan fingerprint density at radius 1 is 1.43 bits per heavy atom. The van der Waals surface area contributed by atoms with Crippen molar-refractivity contribution in [2.24, 2.45) is 5.92 Å². The third kappa shape index (κ3) is 1.90. The molecule has 1 aromatic carbocycles. The van der Waals surface area contributed by atoms with Crippen LogP contribution in [0.3, 0.4) is 0 Å². The molecular formula is C12H13BrO. The number of carbonyl (C=O) groups is 1. The van der Waals surface area contributed by atoms with Crippen LogP contribution >= 0.6 is 15.9 Å². The first-order chi connectivity index (χ1) is 6.66. The van der Waals surface area contributed by atoms with Crippen LogP contribution in [0.15, 0.2) is 22.7 Å². The second kappa shape index (κ2) is 3.85. The highest BCUT2D eigenvalue weighted by Crippen LogP contribution is 2.28. The predicted octanol–water partition coefficient (Wildman–Crippen LogP) is 3.14. The number of benzene rings is 1. The summed E-state index contributed by atoms with van der Waals surface area (Å²) in [4.78, 5) is 11.3. The molecular weight excluding hydrogens is 240 g/mol. The molecule has 1 nitrogen and oxygen atoms in total. The number of halogens is 1. The van der Waals surface area contributed by atoms with Crippen LogP contribution in [0.5, 0.6) is 0 Å². The van der Waals surface area contributed by atoms with E-state index in [0.29, 0.717) is 5.78 Å². The van der Waals surface area contributed by atoms with E-state index >= 15 is 0 Å². The molecule has 1 aliphatic rings. The van der Waals surface area contributed by atoms with Crippen molar-refractivity contribution in [2.75, 3.05) is 0 Å². The lowest BCUT2D eigenvalue weighted by molar-refractivity contribution is -0.121. The molecule has 0 fully saturated rings. The van der Waals surface area contributed by atoms with Crippen molar-refractivity contribution in [2.45, 2.75) is 26.2 Å². The monoisotopic (exact) mass is 252 g/mol. The maximum absolute atomic E-state index is 11.3. The number of rotatable bonds is 1. The average Bonchev–Trinajstić information content (AvgIpc) is 2.16. The third-order valence-corrected chi connectivity index (χ3v) is 3.46. The summed E-state index contributed by atoms with van der Waals surface area (Å²) in [5.41, 5.74) is 2.75. The molecule has 14 heavy (non-hydrogen) atoms. The van der Waals surface area contributed by atoms with Gasteiger partial charge in [0.1, 0.15) is 5.78 Å². The molecule has 0 bridgehead atoms. The van der Waals surface area contributed by atoms with E-state index in [1.165, 1.54) is 11.1 Å². The minimum atomic E-state index is 0.247. The molecule has 2 heteroatoms. The summed E-state index contributed by atoms with van der Waals surface area (Å²) in [5, 5.41) is 0. The summed E-state index contributed by atoms with van der Waals surface area (Å²) >= 11 is 3.46. The zero-order chi connectivity index (χ0) is 10.1. The van der Waals surface area contributed by atoms with E-state index in [4.69, 9.17) is 0 Å². The Morgan fingerprint density at radius 3 is 2.93 bits per heavy atom. The summed E-state index contributed by atoms with van der Waals surface area (Å²) in [7, 11) is 0. The average molecular weight is 253 g/mol. The summed E-state index contributed by atoms with van der Waals surface area (Å²) in [5.74, 6) is 0.576. The molecule has 0 amide bonds. The highest BCUT2D eigenvalue weighted by molar-refractivity contribution is 9.10. The first-order valence-corrected chi connectivity index (χ1v) is 5.74. The summed E-state index contributed by atoms with van der Waals surface area (Å²) in [6, 6.07) is 6.38. The fourth-order valence-electron chi connectivity index (χ4n) is 2.07. The quantitative estimate of drug-likeness (QED) is 0.751. The Labute approximate surface area is 92.6 Å². The fraction of sp³-hybridized carbons (Fsp3) is 0.417. The van der Waals surface area contributed by atoms with Crippen molar-refractivity contribution < 1.29 is 4.79 Å². The number of hydrogen-bond acceptors (Lipinski definition) is 1. The number of fused-ring (bicyclic) bond motifs is 1. The third-order valence-electron chi connectivity index (χ3n) is 2.97. The molecule has 0 heterocycles. The molecule has 0 saturated heterocycles. The van der Waals surface area contributed by atoms with Gasteiger partial charge in [-0.1, -0.05) is 22.0 Å². The molecule has 1 aliphatic carbocycles. The Balaban J connectivity index is 2.29. The van der Waals surface area contributed by atoms with E-state index in [1.54, 1.807) is 6.92 Å². The fourth-order valence-corrected chi connectivity index (χ4v) is 2.48. The van der Waals surface area contributed by atoms with Crippen LogP contribution in [0.4, 0.5) is 0 Å². The van der Waals surface area contributed by atoms with Gasteiger partial charge in [0.15, 0.2) is 0 Å². The van der Waals surface area contributed by atoms with Crippen molar-refractivity contribution in [1.29, 1.82) is 0 Å². The van der Waals surface area contributed by atoms with Gasteiger partial charge in [-0.05, 0) is 49.4 Å². The lowest BCUT2D eigenvalue weighted by Gasteiger charge is -2.22. The van der Waals surface area contributed by atoms with E-state index in [9.17, 15) is 4.79 Å². The predicted molar refractivity (Wildman–Crippen MR) is 60.3 cm³/mol. The van der Waals surface area contributed by atoms with Gasteiger partial charge in [-0.25, -0.2) is 0 Å². The minimum Gasteiger partial charge on any atom is -0.300 e. The van der Waals surface area contributed by atoms with Gasteiger partial charge in [0.25, 0.3) is 0 Å². The normalized spacial score (nSPS) is 20.3. The molecule has 0 N–H and O–H groups in total. The van der Waals surface area contributed by atoms with Gasteiger partial charge in [-0.3, -0.25) is 4.79 Å². The number of hydrogen-bond donors (Lipinski definition) is 0.